The minimum Gasteiger partial charge on any atom is -0.508 e. The standard InChI is InChI=1S/C12H15O2/c1-7-6-11(13)9(3)10-5-4-8(2)14-12(7)10/h6,13H,4-5H2,1-3H3. The maximum atomic E-state index is 9.66. The van der Waals surface area contributed by atoms with Crippen LogP contribution in [0.1, 0.15) is 30.0 Å². The summed E-state index contributed by atoms with van der Waals surface area (Å²) in [5.74, 6) is 1.33. The van der Waals surface area contributed by atoms with Crippen LogP contribution in [0.5, 0.6) is 11.5 Å². The number of fused-ring (bicyclic) bond motifs is 1. The maximum absolute atomic E-state index is 9.66. The number of phenolic OH excluding ortho intramolecular Hbond substituents is 1. The van der Waals surface area contributed by atoms with Gasteiger partial charge in [-0.25, -0.2) is 0 Å². The average Bonchev–Trinajstić information content (AvgIpc) is 2.14. The lowest BCUT2D eigenvalue weighted by atomic mass is 9.95. The number of aryl methyl sites for hydroxylation is 1. The molecule has 0 bridgehead atoms. The third-order valence-corrected chi connectivity index (χ3v) is 2.83. The Morgan fingerprint density at radius 2 is 1.93 bits per heavy atom. The van der Waals surface area contributed by atoms with Gasteiger partial charge in [0.15, 0.2) is 0 Å². The smallest absolute Gasteiger partial charge is 0.146 e. The van der Waals surface area contributed by atoms with Crippen LogP contribution in [0.2, 0.25) is 0 Å². The molecule has 1 aliphatic rings. The van der Waals surface area contributed by atoms with E-state index in [2.05, 4.69) is 0 Å². The molecule has 1 radical (unpaired) electrons. The molecule has 0 spiro atoms. The fraction of sp³-hybridized carbons (Fsp3) is 0.417. The van der Waals surface area contributed by atoms with E-state index < -0.39 is 0 Å². The van der Waals surface area contributed by atoms with Gasteiger partial charge < -0.3 is 9.84 Å². The molecule has 2 rings (SSSR count). The van der Waals surface area contributed by atoms with Crippen LogP contribution in [-0.4, -0.2) is 5.11 Å². The first-order valence-corrected chi connectivity index (χ1v) is 4.92. The Hall–Kier alpha value is -1.18. The number of benzene rings is 1. The summed E-state index contributed by atoms with van der Waals surface area (Å²) in [5.41, 5.74) is 3.13. The fourth-order valence-corrected chi connectivity index (χ4v) is 1.91. The van der Waals surface area contributed by atoms with Gasteiger partial charge in [0.25, 0.3) is 0 Å². The number of aromatic hydroxyl groups is 1. The Bertz CT molecular complexity index is 369. The third-order valence-electron chi connectivity index (χ3n) is 2.83. The minimum absolute atomic E-state index is 0.379. The number of phenols is 1. The highest BCUT2D eigenvalue weighted by Gasteiger charge is 2.22. The lowest BCUT2D eigenvalue weighted by Crippen LogP contribution is -2.13. The second kappa shape index (κ2) is 3.19. The van der Waals surface area contributed by atoms with E-state index in [1.807, 2.05) is 20.8 Å². The zero-order chi connectivity index (χ0) is 10.3. The van der Waals surface area contributed by atoms with E-state index in [4.69, 9.17) is 4.74 Å². The summed E-state index contributed by atoms with van der Waals surface area (Å²) in [6.07, 6.45) is 2.99. The van der Waals surface area contributed by atoms with Gasteiger partial charge in [-0.15, -0.1) is 0 Å². The quantitative estimate of drug-likeness (QED) is 0.683. The molecule has 14 heavy (non-hydrogen) atoms. The average molecular weight is 191 g/mol. The molecule has 0 atom stereocenters. The summed E-state index contributed by atoms with van der Waals surface area (Å²) in [6.45, 7) is 5.92. The summed E-state index contributed by atoms with van der Waals surface area (Å²) in [4.78, 5) is 0. The van der Waals surface area contributed by atoms with Crippen LogP contribution in [0.3, 0.4) is 0 Å². The van der Waals surface area contributed by atoms with Gasteiger partial charge in [0.05, 0.1) is 0 Å². The van der Waals surface area contributed by atoms with Crippen molar-refractivity contribution in [2.24, 2.45) is 0 Å². The normalized spacial score (nSPS) is 16.2. The van der Waals surface area contributed by atoms with Crippen LogP contribution in [0.25, 0.3) is 0 Å². The highest BCUT2D eigenvalue weighted by molar-refractivity contribution is 5.53. The number of ether oxygens (including phenoxy) is 1. The van der Waals surface area contributed by atoms with Crippen molar-refractivity contribution in [2.75, 3.05) is 0 Å². The van der Waals surface area contributed by atoms with Crippen LogP contribution < -0.4 is 4.74 Å². The molecule has 0 saturated heterocycles. The van der Waals surface area contributed by atoms with Gasteiger partial charge in [-0.3, -0.25) is 0 Å². The highest BCUT2D eigenvalue weighted by atomic mass is 16.5. The molecule has 0 amide bonds. The zero-order valence-corrected chi connectivity index (χ0v) is 8.85. The molecule has 1 aromatic rings. The minimum atomic E-state index is 0.379. The second-order valence-electron chi connectivity index (χ2n) is 3.95. The molecule has 1 aliphatic heterocycles. The van der Waals surface area contributed by atoms with Crippen LogP contribution in [0.15, 0.2) is 6.07 Å². The summed E-state index contributed by atoms with van der Waals surface area (Å²) in [6, 6.07) is 1.77. The molecule has 0 unspecified atom stereocenters. The van der Waals surface area contributed by atoms with Crippen molar-refractivity contribution in [1.29, 1.82) is 0 Å². The summed E-state index contributed by atoms with van der Waals surface area (Å²) >= 11 is 0. The van der Waals surface area contributed by atoms with Gasteiger partial charge in [0, 0.05) is 5.56 Å². The lowest BCUT2D eigenvalue weighted by molar-refractivity contribution is 0.291. The number of rotatable bonds is 0. The molecule has 0 fully saturated rings. The molecule has 1 N–H and O–H groups in total. The van der Waals surface area contributed by atoms with Gasteiger partial charge in [-0.05, 0) is 50.8 Å². The Kier molecular flexibility index (Phi) is 2.14. The van der Waals surface area contributed by atoms with Gasteiger partial charge in [0.1, 0.15) is 17.6 Å². The van der Waals surface area contributed by atoms with Crippen molar-refractivity contribution in [2.45, 2.75) is 33.6 Å². The van der Waals surface area contributed by atoms with Gasteiger partial charge >= 0.3 is 0 Å². The highest BCUT2D eigenvalue weighted by Crippen LogP contribution is 2.39. The van der Waals surface area contributed by atoms with Crippen molar-refractivity contribution < 1.29 is 9.84 Å². The maximum Gasteiger partial charge on any atom is 0.146 e. The molecule has 0 saturated carbocycles. The van der Waals surface area contributed by atoms with E-state index in [1.54, 1.807) is 6.07 Å². The first-order valence-electron chi connectivity index (χ1n) is 4.92. The van der Waals surface area contributed by atoms with Crippen LogP contribution in [0, 0.1) is 20.0 Å². The predicted octanol–water partition coefficient (Wildman–Crippen LogP) is 2.89. The lowest BCUT2D eigenvalue weighted by Gasteiger charge is -2.25. The van der Waals surface area contributed by atoms with Crippen LogP contribution >= 0.6 is 0 Å². The molecule has 1 aromatic carbocycles. The summed E-state index contributed by atoms with van der Waals surface area (Å²) < 4.78 is 5.70. The van der Waals surface area contributed by atoms with Crippen molar-refractivity contribution in [3.05, 3.63) is 28.9 Å². The fourth-order valence-electron chi connectivity index (χ4n) is 1.91. The molecule has 1 heterocycles. The zero-order valence-electron chi connectivity index (χ0n) is 8.85. The molecular weight excluding hydrogens is 176 g/mol. The third kappa shape index (κ3) is 1.35. The van der Waals surface area contributed by atoms with E-state index in [0.29, 0.717) is 5.75 Å². The van der Waals surface area contributed by atoms with E-state index >= 15 is 0 Å². The van der Waals surface area contributed by atoms with Crippen molar-refractivity contribution in [3.8, 4) is 11.5 Å². The first kappa shape index (κ1) is 9.38. The van der Waals surface area contributed by atoms with Crippen molar-refractivity contribution in [1.82, 2.24) is 0 Å². The molecule has 0 aromatic heterocycles. The summed E-state index contributed by atoms with van der Waals surface area (Å²) in [5, 5.41) is 9.66. The van der Waals surface area contributed by atoms with Gasteiger partial charge in [0.2, 0.25) is 0 Å². The molecule has 75 valence electrons. The SMILES string of the molecule is C[C]1CCc2c(C)c(O)cc(C)c2O1. The molecule has 0 aliphatic carbocycles. The Balaban J connectivity index is 2.57. The molecule has 2 nitrogen and oxygen atoms in total. The molecular formula is C12H15O2. The number of hydrogen-bond acceptors (Lipinski definition) is 2. The predicted molar refractivity (Wildman–Crippen MR) is 55.4 cm³/mol. The van der Waals surface area contributed by atoms with Crippen LogP contribution in [-0.2, 0) is 6.42 Å². The Morgan fingerprint density at radius 1 is 1.21 bits per heavy atom. The summed E-state index contributed by atoms with van der Waals surface area (Å²) in [7, 11) is 0. The van der Waals surface area contributed by atoms with Gasteiger partial charge in [-0.1, -0.05) is 0 Å². The van der Waals surface area contributed by atoms with Crippen LogP contribution in [0.4, 0.5) is 0 Å². The van der Waals surface area contributed by atoms with Gasteiger partial charge in [-0.2, -0.15) is 0 Å². The van der Waals surface area contributed by atoms with E-state index in [1.165, 1.54) is 0 Å². The molecule has 2 heteroatoms. The Morgan fingerprint density at radius 3 is 2.64 bits per heavy atom. The monoisotopic (exact) mass is 191 g/mol. The van der Waals surface area contributed by atoms with E-state index in [9.17, 15) is 5.11 Å². The van der Waals surface area contributed by atoms with Crippen molar-refractivity contribution in [3.63, 3.8) is 0 Å². The topological polar surface area (TPSA) is 29.5 Å². The second-order valence-corrected chi connectivity index (χ2v) is 3.95. The first-order chi connectivity index (χ1) is 6.59. The van der Waals surface area contributed by atoms with Crippen molar-refractivity contribution >= 4 is 0 Å². The number of hydrogen-bond donors (Lipinski definition) is 1. The van der Waals surface area contributed by atoms with E-state index in [0.717, 1.165) is 41.4 Å². The largest absolute Gasteiger partial charge is 0.508 e. The Labute approximate surface area is 84.5 Å². The van der Waals surface area contributed by atoms with E-state index in [-0.39, 0.29) is 0 Å².